The molecule has 1 heterocycles. The number of benzene rings is 1. The van der Waals surface area contributed by atoms with E-state index in [2.05, 4.69) is 31.2 Å². The largest absolute Gasteiger partial charge is 0.379 e. The third-order valence-corrected chi connectivity index (χ3v) is 4.48. The number of ether oxygens (including phenoxy) is 1. The van der Waals surface area contributed by atoms with Crippen LogP contribution in [0.2, 0.25) is 0 Å². The highest BCUT2D eigenvalue weighted by atomic mass is 16.5. The zero-order chi connectivity index (χ0) is 11.9. The van der Waals surface area contributed by atoms with E-state index in [-0.39, 0.29) is 11.0 Å². The fraction of sp³-hybridized carbons (Fsp3) is 0.600. The van der Waals surface area contributed by atoms with Crippen molar-refractivity contribution in [3.63, 3.8) is 0 Å². The SMILES string of the molecule is CCCc1ccc(C2(C3(N)CC3)COC2)cc1. The molecule has 0 aromatic heterocycles. The molecule has 1 aromatic rings. The standard InChI is InChI=1S/C15H21NO/c1-2-3-12-4-6-13(7-5-12)14(10-17-11-14)15(16)8-9-15/h4-7H,2-3,8-11,16H2,1H3. The van der Waals surface area contributed by atoms with Crippen LogP contribution in [0.3, 0.4) is 0 Å². The van der Waals surface area contributed by atoms with Gasteiger partial charge in [0.05, 0.1) is 18.6 Å². The lowest BCUT2D eigenvalue weighted by Crippen LogP contribution is -2.60. The van der Waals surface area contributed by atoms with Crippen molar-refractivity contribution in [2.24, 2.45) is 5.73 Å². The molecule has 92 valence electrons. The van der Waals surface area contributed by atoms with E-state index in [0.717, 1.165) is 32.5 Å². The smallest absolute Gasteiger partial charge is 0.0603 e. The summed E-state index contributed by atoms with van der Waals surface area (Å²) < 4.78 is 5.46. The summed E-state index contributed by atoms with van der Waals surface area (Å²) in [7, 11) is 0. The van der Waals surface area contributed by atoms with Gasteiger partial charge in [-0.15, -0.1) is 0 Å². The molecule has 17 heavy (non-hydrogen) atoms. The summed E-state index contributed by atoms with van der Waals surface area (Å²) >= 11 is 0. The summed E-state index contributed by atoms with van der Waals surface area (Å²) in [5, 5.41) is 0. The fourth-order valence-electron chi connectivity index (χ4n) is 2.94. The molecule has 0 unspecified atom stereocenters. The predicted octanol–water partition coefficient (Wildman–Crippen LogP) is 2.40. The highest BCUT2D eigenvalue weighted by Gasteiger charge is 2.61. The maximum Gasteiger partial charge on any atom is 0.0603 e. The molecule has 0 atom stereocenters. The molecule has 1 aliphatic heterocycles. The Morgan fingerprint density at radius 1 is 1.18 bits per heavy atom. The van der Waals surface area contributed by atoms with Crippen molar-refractivity contribution >= 4 is 0 Å². The minimum atomic E-state index is 0.0114. The Morgan fingerprint density at radius 3 is 2.24 bits per heavy atom. The molecule has 2 nitrogen and oxygen atoms in total. The molecule has 1 saturated heterocycles. The van der Waals surface area contributed by atoms with E-state index in [9.17, 15) is 0 Å². The maximum atomic E-state index is 6.44. The second-order valence-corrected chi connectivity index (χ2v) is 5.68. The Morgan fingerprint density at radius 2 is 1.82 bits per heavy atom. The molecule has 2 fully saturated rings. The molecule has 1 aliphatic carbocycles. The van der Waals surface area contributed by atoms with Crippen molar-refractivity contribution in [2.45, 2.75) is 43.6 Å². The van der Waals surface area contributed by atoms with Gasteiger partial charge < -0.3 is 10.5 Å². The van der Waals surface area contributed by atoms with Crippen LogP contribution in [-0.2, 0) is 16.6 Å². The van der Waals surface area contributed by atoms with Crippen molar-refractivity contribution in [1.82, 2.24) is 0 Å². The number of aryl methyl sites for hydroxylation is 1. The molecule has 0 amide bonds. The van der Waals surface area contributed by atoms with Gasteiger partial charge in [-0.2, -0.15) is 0 Å². The summed E-state index contributed by atoms with van der Waals surface area (Å²) in [5.74, 6) is 0. The number of hydrogen-bond donors (Lipinski definition) is 1. The van der Waals surface area contributed by atoms with Crippen molar-refractivity contribution < 1.29 is 4.74 Å². The summed E-state index contributed by atoms with van der Waals surface area (Å²) in [6.07, 6.45) is 4.66. The summed E-state index contributed by atoms with van der Waals surface area (Å²) in [6, 6.07) is 9.04. The lowest BCUT2D eigenvalue weighted by molar-refractivity contribution is -0.0786. The fourth-order valence-corrected chi connectivity index (χ4v) is 2.94. The number of nitrogens with two attached hydrogens (primary N) is 1. The van der Waals surface area contributed by atoms with Gasteiger partial charge in [-0.1, -0.05) is 37.6 Å². The minimum absolute atomic E-state index is 0.0114. The zero-order valence-electron chi connectivity index (χ0n) is 10.5. The lowest BCUT2D eigenvalue weighted by atomic mass is 9.70. The highest BCUT2D eigenvalue weighted by Crippen LogP contribution is 2.53. The van der Waals surface area contributed by atoms with Crippen LogP contribution >= 0.6 is 0 Å². The normalized spacial score (nSPS) is 24.1. The molecule has 3 rings (SSSR count). The second kappa shape index (κ2) is 3.82. The van der Waals surface area contributed by atoms with Gasteiger partial charge in [-0.25, -0.2) is 0 Å². The molecular formula is C15H21NO. The third-order valence-electron chi connectivity index (χ3n) is 4.48. The van der Waals surface area contributed by atoms with Crippen LogP contribution in [0.4, 0.5) is 0 Å². The van der Waals surface area contributed by atoms with Crippen molar-refractivity contribution in [1.29, 1.82) is 0 Å². The van der Waals surface area contributed by atoms with Gasteiger partial charge in [-0.3, -0.25) is 0 Å². The first kappa shape index (κ1) is 11.2. The van der Waals surface area contributed by atoms with Crippen LogP contribution in [0, 0.1) is 0 Å². The van der Waals surface area contributed by atoms with E-state index < -0.39 is 0 Å². The molecule has 2 N–H and O–H groups in total. The van der Waals surface area contributed by atoms with Crippen LogP contribution in [0.5, 0.6) is 0 Å². The quantitative estimate of drug-likeness (QED) is 0.863. The van der Waals surface area contributed by atoms with E-state index in [0.29, 0.717) is 0 Å². The molecular weight excluding hydrogens is 210 g/mol. The second-order valence-electron chi connectivity index (χ2n) is 5.68. The van der Waals surface area contributed by atoms with Crippen LogP contribution < -0.4 is 5.73 Å². The van der Waals surface area contributed by atoms with Crippen LogP contribution in [0.1, 0.15) is 37.3 Å². The van der Waals surface area contributed by atoms with Crippen LogP contribution in [0.15, 0.2) is 24.3 Å². The molecule has 2 aliphatic rings. The molecule has 0 bridgehead atoms. The predicted molar refractivity (Wildman–Crippen MR) is 69.1 cm³/mol. The monoisotopic (exact) mass is 231 g/mol. The Labute approximate surface area is 103 Å². The lowest BCUT2D eigenvalue weighted by Gasteiger charge is -2.47. The summed E-state index contributed by atoms with van der Waals surface area (Å²) in [4.78, 5) is 0. The molecule has 0 spiro atoms. The van der Waals surface area contributed by atoms with Gasteiger partial charge in [0.25, 0.3) is 0 Å². The van der Waals surface area contributed by atoms with Gasteiger partial charge in [0.1, 0.15) is 0 Å². The first-order valence-electron chi connectivity index (χ1n) is 6.66. The van der Waals surface area contributed by atoms with Gasteiger partial charge in [0.2, 0.25) is 0 Å². The Bertz CT molecular complexity index is 401. The van der Waals surface area contributed by atoms with Gasteiger partial charge in [0, 0.05) is 5.54 Å². The van der Waals surface area contributed by atoms with Crippen molar-refractivity contribution in [3.05, 3.63) is 35.4 Å². The highest BCUT2D eigenvalue weighted by molar-refractivity contribution is 5.38. The molecule has 0 radical (unpaired) electrons. The van der Waals surface area contributed by atoms with E-state index in [1.807, 2.05) is 0 Å². The van der Waals surface area contributed by atoms with Crippen LogP contribution in [0.25, 0.3) is 0 Å². The Hall–Kier alpha value is -0.860. The van der Waals surface area contributed by atoms with E-state index in [1.165, 1.54) is 17.5 Å². The summed E-state index contributed by atoms with van der Waals surface area (Å²) in [6.45, 7) is 3.82. The van der Waals surface area contributed by atoms with E-state index in [4.69, 9.17) is 10.5 Å². The first-order valence-corrected chi connectivity index (χ1v) is 6.66. The number of hydrogen-bond acceptors (Lipinski definition) is 2. The van der Waals surface area contributed by atoms with E-state index in [1.54, 1.807) is 0 Å². The third kappa shape index (κ3) is 1.62. The Balaban J connectivity index is 1.87. The topological polar surface area (TPSA) is 35.2 Å². The van der Waals surface area contributed by atoms with Gasteiger partial charge in [0.15, 0.2) is 0 Å². The van der Waals surface area contributed by atoms with Crippen LogP contribution in [-0.4, -0.2) is 18.8 Å². The molecule has 2 heteroatoms. The maximum absolute atomic E-state index is 6.44. The average molecular weight is 231 g/mol. The summed E-state index contributed by atoms with van der Waals surface area (Å²) in [5.41, 5.74) is 9.36. The van der Waals surface area contributed by atoms with Gasteiger partial charge in [-0.05, 0) is 30.4 Å². The van der Waals surface area contributed by atoms with Gasteiger partial charge >= 0.3 is 0 Å². The number of rotatable bonds is 4. The van der Waals surface area contributed by atoms with Crippen molar-refractivity contribution in [3.8, 4) is 0 Å². The molecule has 1 aromatic carbocycles. The zero-order valence-corrected chi connectivity index (χ0v) is 10.5. The average Bonchev–Trinajstić information content (AvgIpc) is 2.99. The van der Waals surface area contributed by atoms with Crippen molar-refractivity contribution in [2.75, 3.05) is 13.2 Å². The first-order chi connectivity index (χ1) is 8.20. The minimum Gasteiger partial charge on any atom is -0.379 e. The Kier molecular flexibility index (Phi) is 2.53. The molecule has 1 saturated carbocycles. The van der Waals surface area contributed by atoms with E-state index >= 15 is 0 Å².